The number of hydrogen-bond donors (Lipinski definition) is 0. The van der Waals surface area contributed by atoms with E-state index in [-0.39, 0.29) is 23.3 Å². The molecule has 0 N–H and O–H groups in total. The van der Waals surface area contributed by atoms with Crippen molar-refractivity contribution in [3.05, 3.63) is 106 Å². The Bertz CT molecular complexity index is 1540. The van der Waals surface area contributed by atoms with Crippen molar-refractivity contribution in [1.29, 1.82) is 0 Å². The van der Waals surface area contributed by atoms with Crippen molar-refractivity contribution in [3.63, 3.8) is 0 Å². The summed E-state index contributed by atoms with van der Waals surface area (Å²) in [6.45, 7) is 1.64. The molecule has 35 heavy (non-hydrogen) atoms. The Hall–Kier alpha value is -3.91. The number of aryl methyl sites for hydroxylation is 1. The Kier molecular flexibility index (Phi) is 5.68. The molecule has 0 aliphatic rings. The number of benzene rings is 3. The third kappa shape index (κ3) is 4.33. The Balaban J connectivity index is 1.70. The molecule has 5 nitrogen and oxygen atoms in total. The minimum Gasteiger partial charge on any atom is -0.333 e. The van der Waals surface area contributed by atoms with Crippen LogP contribution in [-0.2, 0) is 12.7 Å². The fraction of sp³-hybridized carbons (Fsp3) is 0.115. The molecular weight excluding hydrogens is 479 g/mol. The van der Waals surface area contributed by atoms with Crippen LogP contribution in [0.1, 0.15) is 33.0 Å². The highest BCUT2D eigenvalue weighted by atomic mass is 35.5. The first-order valence-electron chi connectivity index (χ1n) is 10.6. The fourth-order valence-electron chi connectivity index (χ4n) is 4.06. The minimum atomic E-state index is -4.82. The highest BCUT2D eigenvalue weighted by Gasteiger charge is 2.42. The molecule has 9 heteroatoms. The number of aromatic nitrogens is 3. The normalized spacial score (nSPS) is 11.8. The van der Waals surface area contributed by atoms with Gasteiger partial charge in [0.25, 0.3) is 5.89 Å². The second-order valence-corrected chi connectivity index (χ2v) is 8.51. The maximum atomic E-state index is 14.5. The van der Waals surface area contributed by atoms with E-state index in [1.165, 1.54) is 0 Å². The number of carbonyl (C=O) groups excluding carboxylic acids is 1. The molecular formula is C26H17ClF3N3O2. The lowest BCUT2D eigenvalue weighted by Crippen LogP contribution is -2.19. The van der Waals surface area contributed by atoms with Crippen LogP contribution >= 0.6 is 11.6 Å². The van der Waals surface area contributed by atoms with E-state index in [0.29, 0.717) is 21.7 Å². The maximum Gasteiger partial charge on any atom is 0.432 e. The molecule has 176 valence electrons. The van der Waals surface area contributed by atoms with E-state index >= 15 is 0 Å². The molecule has 2 aromatic heterocycles. The van der Waals surface area contributed by atoms with Crippen molar-refractivity contribution in [2.24, 2.45) is 0 Å². The van der Waals surface area contributed by atoms with Crippen LogP contribution in [0.4, 0.5) is 13.2 Å². The summed E-state index contributed by atoms with van der Waals surface area (Å²) in [4.78, 5) is 17.6. The van der Waals surface area contributed by atoms with Crippen molar-refractivity contribution in [2.45, 2.75) is 19.6 Å². The van der Waals surface area contributed by atoms with Crippen LogP contribution in [0.3, 0.4) is 0 Å². The van der Waals surface area contributed by atoms with Gasteiger partial charge in [-0.25, -0.2) is 0 Å². The lowest BCUT2D eigenvalue weighted by Gasteiger charge is -2.14. The third-order valence-electron chi connectivity index (χ3n) is 5.62. The Morgan fingerprint density at radius 3 is 2.43 bits per heavy atom. The van der Waals surface area contributed by atoms with Gasteiger partial charge in [0.1, 0.15) is 5.69 Å². The van der Waals surface area contributed by atoms with Gasteiger partial charge < -0.3 is 9.09 Å². The van der Waals surface area contributed by atoms with Crippen LogP contribution < -0.4 is 0 Å². The summed E-state index contributed by atoms with van der Waals surface area (Å²) in [6, 6.07) is 20.0. The van der Waals surface area contributed by atoms with Crippen LogP contribution in [0.5, 0.6) is 0 Å². The van der Waals surface area contributed by atoms with Crippen LogP contribution in [0, 0.1) is 6.92 Å². The highest BCUT2D eigenvalue weighted by molar-refractivity contribution is 6.30. The summed E-state index contributed by atoms with van der Waals surface area (Å²) < 4.78 is 49.8. The fourth-order valence-corrected chi connectivity index (χ4v) is 4.18. The predicted octanol–water partition coefficient (Wildman–Crippen LogP) is 6.95. The summed E-state index contributed by atoms with van der Waals surface area (Å²) in [6.07, 6.45) is -4.82. The molecule has 0 fully saturated rings. The van der Waals surface area contributed by atoms with Gasteiger partial charge in [0.15, 0.2) is 0 Å². The van der Waals surface area contributed by atoms with Crippen molar-refractivity contribution in [2.75, 3.05) is 0 Å². The molecule has 0 unspecified atom stereocenters. The summed E-state index contributed by atoms with van der Waals surface area (Å²) in [5.41, 5.74) is 0.558. The van der Waals surface area contributed by atoms with Gasteiger partial charge in [-0.1, -0.05) is 58.7 Å². The topological polar surface area (TPSA) is 60.9 Å². The van der Waals surface area contributed by atoms with E-state index in [2.05, 4.69) is 10.1 Å². The van der Waals surface area contributed by atoms with Crippen molar-refractivity contribution in [3.8, 4) is 11.5 Å². The van der Waals surface area contributed by atoms with Crippen molar-refractivity contribution < 1.29 is 22.5 Å². The molecule has 2 heterocycles. The number of nitrogens with zero attached hydrogens (tertiary/aromatic N) is 3. The highest BCUT2D eigenvalue weighted by Crippen LogP contribution is 2.40. The van der Waals surface area contributed by atoms with E-state index in [4.69, 9.17) is 16.1 Å². The first-order chi connectivity index (χ1) is 16.7. The first-order valence-corrected chi connectivity index (χ1v) is 11.0. The zero-order valence-electron chi connectivity index (χ0n) is 18.3. The molecule has 0 saturated carbocycles. The largest absolute Gasteiger partial charge is 0.432 e. The zero-order valence-corrected chi connectivity index (χ0v) is 19.1. The zero-order chi connectivity index (χ0) is 24.7. The van der Waals surface area contributed by atoms with Gasteiger partial charge in [0, 0.05) is 28.0 Å². The Morgan fingerprint density at radius 1 is 1.03 bits per heavy atom. The second kappa shape index (κ2) is 8.70. The quantitative estimate of drug-likeness (QED) is 0.247. The van der Waals surface area contributed by atoms with Gasteiger partial charge in [-0.05, 0) is 48.9 Å². The smallest absolute Gasteiger partial charge is 0.333 e. The van der Waals surface area contributed by atoms with Gasteiger partial charge in [-0.2, -0.15) is 18.2 Å². The van der Waals surface area contributed by atoms with Crippen molar-refractivity contribution in [1.82, 2.24) is 14.7 Å². The maximum absolute atomic E-state index is 14.5. The van der Waals surface area contributed by atoms with E-state index < -0.39 is 29.0 Å². The van der Waals surface area contributed by atoms with Crippen LogP contribution in [-0.4, -0.2) is 20.5 Å². The summed E-state index contributed by atoms with van der Waals surface area (Å²) >= 11 is 5.94. The lowest BCUT2D eigenvalue weighted by atomic mass is 10.0. The number of alkyl halides is 3. The summed E-state index contributed by atoms with van der Waals surface area (Å²) in [5, 5.41) is 4.34. The Labute approximate surface area is 202 Å². The summed E-state index contributed by atoms with van der Waals surface area (Å²) in [5.74, 6) is -1.36. The second-order valence-electron chi connectivity index (χ2n) is 8.07. The third-order valence-corrected chi connectivity index (χ3v) is 5.87. The van der Waals surface area contributed by atoms with Gasteiger partial charge in [0.05, 0.1) is 5.56 Å². The Morgan fingerprint density at radius 2 is 1.74 bits per heavy atom. The standard InChI is InChI=1S/C26H17ClF3N3O2/c1-15-7-12-20-19(13-15)21(22(34)24-31-25(35-32-24)17-5-3-2-4-6-17)23(26(28,29)30)33(20)14-16-8-10-18(27)11-9-16/h2-13H,14H2,1H3. The van der Waals surface area contributed by atoms with Gasteiger partial charge >= 0.3 is 6.18 Å². The number of carbonyl (C=O) groups is 1. The first kappa shape index (κ1) is 22.9. The van der Waals surface area contributed by atoms with Crippen molar-refractivity contribution >= 4 is 28.3 Å². The van der Waals surface area contributed by atoms with E-state index in [1.54, 1.807) is 79.7 Å². The number of ketones is 1. The molecule has 0 bridgehead atoms. The lowest BCUT2D eigenvalue weighted by molar-refractivity contribution is -0.143. The molecule has 0 aliphatic carbocycles. The van der Waals surface area contributed by atoms with Gasteiger partial charge in [-0.3, -0.25) is 4.79 Å². The molecule has 5 rings (SSSR count). The number of hydrogen-bond acceptors (Lipinski definition) is 4. The minimum absolute atomic E-state index is 0.0450. The van der Waals surface area contributed by atoms with Gasteiger partial charge in [0.2, 0.25) is 11.6 Å². The van der Waals surface area contributed by atoms with Gasteiger partial charge in [-0.15, -0.1) is 0 Å². The SMILES string of the molecule is Cc1ccc2c(c1)c(C(=O)c1noc(-c3ccccc3)n1)c(C(F)(F)F)n2Cc1ccc(Cl)cc1. The van der Waals surface area contributed by atoms with Crippen LogP contribution in [0.2, 0.25) is 5.02 Å². The van der Waals surface area contributed by atoms with Crippen LogP contribution in [0.25, 0.3) is 22.4 Å². The predicted molar refractivity (Wildman–Crippen MR) is 125 cm³/mol. The number of halogens is 4. The molecule has 0 radical (unpaired) electrons. The van der Waals surface area contributed by atoms with E-state index in [1.807, 2.05) is 0 Å². The van der Waals surface area contributed by atoms with Crippen LogP contribution in [0.15, 0.2) is 77.3 Å². The monoisotopic (exact) mass is 495 g/mol. The molecule has 3 aromatic carbocycles. The molecule has 5 aromatic rings. The molecule has 0 saturated heterocycles. The van der Waals surface area contributed by atoms with E-state index in [9.17, 15) is 18.0 Å². The van der Waals surface area contributed by atoms with E-state index in [0.717, 1.165) is 4.57 Å². The molecule has 0 amide bonds. The molecule has 0 atom stereocenters. The average molecular weight is 496 g/mol. The summed E-state index contributed by atoms with van der Waals surface area (Å²) in [7, 11) is 0. The average Bonchev–Trinajstić information content (AvgIpc) is 3.44. The number of fused-ring (bicyclic) bond motifs is 1. The number of rotatable bonds is 5. The molecule has 0 spiro atoms. The molecule has 0 aliphatic heterocycles.